The first-order valence-corrected chi connectivity index (χ1v) is 13.4. The van der Waals surface area contributed by atoms with E-state index in [1.165, 1.54) is 28.0 Å². The van der Waals surface area contributed by atoms with Gasteiger partial charge in [-0.15, -0.1) is 11.3 Å². The highest BCUT2D eigenvalue weighted by atomic mass is 35.5. The molecule has 1 aliphatic heterocycles. The molecule has 1 aromatic heterocycles. The Morgan fingerprint density at radius 3 is 2.69 bits per heavy atom. The van der Waals surface area contributed by atoms with Gasteiger partial charge in [-0.2, -0.15) is 0 Å². The number of carbonyl (C=O) groups is 2. The van der Waals surface area contributed by atoms with E-state index in [1.807, 2.05) is 16.3 Å². The number of hydrogen-bond donors (Lipinski definition) is 0. The minimum Gasteiger partial charge on any atom is -0.491 e. The fraction of sp³-hybridized carbons (Fsp3) is 0.357. The molecule has 36 heavy (non-hydrogen) atoms. The van der Waals surface area contributed by atoms with Crippen molar-refractivity contribution >= 4 is 34.8 Å². The zero-order valence-electron chi connectivity index (χ0n) is 20.5. The van der Waals surface area contributed by atoms with Crippen LogP contribution in [-0.4, -0.2) is 47.9 Å². The molecule has 8 heteroatoms. The molecule has 4 rings (SSSR count). The van der Waals surface area contributed by atoms with Crippen LogP contribution in [0.2, 0.25) is 5.02 Å². The van der Waals surface area contributed by atoms with Gasteiger partial charge in [-0.05, 0) is 78.2 Å². The number of thiophene rings is 1. The van der Waals surface area contributed by atoms with Crippen LogP contribution in [0.15, 0.2) is 60.0 Å². The molecule has 2 aromatic carbocycles. The fourth-order valence-corrected chi connectivity index (χ4v) is 5.36. The van der Waals surface area contributed by atoms with Crippen molar-refractivity contribution in [3.8, 4) is 5.75 Å². The maximum Gasteiger partial charge on any atom is 0.254 e. The molecule has 0 fully saturated rings. The second-order valence-electron chi connectivity index (χ2n) is 9.34. The lowest BCUT2D eigenvalue weighted by Gasteiger charge is -2.37. The Bertz CT molecular complexity index is 1200. The van der Waals surface area contributed by atoms with Gasteiger partial charge in [0.15, 0.2) is 0 Å². The Morgan fingerprint density at radius 1 is 1.19 bits per heavy atom. The zero-order chi connectivity index (χ0) is 25.7. The summed E-state index contributed by atoms with van der Waals surface area (Å²) in [7, 11) is 0. The van der Waals surface area contributed by atoms with E-state index >= 15 is 0 Å². The number of rotatable bonds is 9. The predicted octanol–water partition coefficient (Wildman–Crippen LogP) is 6.23. The lowest BCUT2D eigenvalue weighted by molar-refractivity contribution is -0.135. The molecule has 0 unspecified atom stereocenters. The third kappa shape index (κ3) is 6.45. The molecule has 0 radical (unpaired) electrons. The highest BCUT2D eigenvalue weighted by molar-refractivity contribution is 7.10. The summed E-state index contributed by atoms with van der Waals surface area (Å²) in [4.78, 5) is 31.5. The van der Waals surface area contributed by atoms with Gasteiger partial charge in [0, 0.05) is 28.6 Å². The third-order valence-electron chi connectivity index (χ3n) is 6.30. The third-order valence-corrected chi connectivity index (χ3v) is 7.55. The average molecular weight is 529 g/mol. The Hall–Kier alpha value is -2.90. The van der Waals surface area contributed by atoms with Crippen molar-refractivity contribution in [2.45, 2.75) is 32.7 Å². The lowest BCUT2D eigenvalue weighted by Crippen LogP contribution is -2.48. The topological polar surface area (TPSA) is 49.9 Å². The minimum atomic E-state index is -0.476. The highest BCUT2D eigenvalue weighted by Gasteiger charge is 2.33. The molecule has 1 atom stereocenters. The molecule has 3 aromatic rings. The molecule has 2 heterocycles. The van der Waals surface area contributed by atoms with Gasteiger partial charge in [0.1, 0.15) is 24.7 Å². The quantitative estimate of drug-likeness (QED) is 0.330. The summed E-state index contributed by atoms with van der Waals surface area (Å²) >= 11 is 7.67. The Balaban J connectivity index is 1.53. The summed E-state index contributed by atoms with van der Waals surface area (Å²) < 4.78 is 19.9. The van der Waals surface area contributed by atoms with Crippen LogP contribution in [0.5, 0.6) is 5.75 Å². The summed E-state index contributed by atoms with van der Waals surface area (Å²) in [5, 5.41) is 2.66. The molecule has 0 bridgehead atoms. The van der Waals surface area contributed by atoms with Crippen molar-refractivity contribution in [2.75, 3.05) is 26.2 Å². The maximum atomic E-state index is 13.8. The van der Waals surface area contributed by atoms with Crippen LogP contribution >= 0.6 is 22.9 Å². The Labute approximate surface area is 220 Å². The van der Waals surface area contributed by atoms with Crippen LogP contribution in [0, 0.1) is 11.7 Å². The maximum absolute atomic E-state index is 13.8. The van der Waals surface area contributed by atoms with Gasteiger partial charge in [0.05, 0.1) is 6.04 Å². The smallest absolute Gasteiger partial charge is 0.254 e. The minimum absolute atomic E-state index is 0.0705. The normalized spacial score (nSPS) is 15.0. The van der Waals surface area contributed by atoms with E-state index in [9.17, 15) is 14.0 Å². The number of fused-ring (bicyclic) bond motifs is 1. The molecule has 1 aliphatic rings. The number of ether oxygens (including phenoxy) is 1. The first-order chi connectivity index (χ1) is 17.3. The van der Waals surface area contributed by atoms with Crippen molar-refractivity contribution < 1.29 is 18.7 Å². The van der Waals surface area contributed by atoms with Gasteiger partial charge in [-0.25, -0.2) is 4.39 Å². The van der Waals surface area contributed by atoms with Crippen molar-refractivity contribution in [3.63, 3.8) is 0 Å². The summed E-state index contributed by atoms with van der Waals surface area (Å²) in [6.45, 7) is 5.33. The number of hydrogen-bond acceptors (Lipinski definition) is 4. The van der Waals surface area contributed by atoms with E-state index in [0.717, 1.165) is 18.4 Å². The van der Waals surface area contributed by atoms with E-state index < -0.39 is 5.82 Å². The molecule has 5 nitrogen and oxygen atoms in total. The molecule has 0 saturated carbocycles. The van der Waals surface area contributed by atoms with Crippen molar-refractivity contribution in [1.82, 2.24) is 9.80 Å². The number of carbonyl (C=O) groups excluding carboxylic acids is 2. The number of nitrogens with zero attached hydrogens (tertiary/aromatic N) is 2. The molecule has 0 N–H and O–H groups in total. The van der Waals surface area contributed by atoms with Crippen LogP contribution < -0.4 is 4.74 Å². The second kappa shape index (κ2) is 11.9. The molecular formula is C28H30ClFN2O3S. The Morgan fingerprint density at radius 2 is 1.97 bits per heavy atom. The highest BCUT2D eigenvalue weighted by Crippen LogP contribution is 2.34. The number of halogens is 2. The van der Waals surface area contributed by atoms with E-state index in [2.05, 4.69) is 13.8 Å². The zero-order valence-corrected chi connectivity index (χ0v) is 22.0. The van der Waals surface area contributed by atoms with Gasteiger partial charge >= 0.3 is 0 Å². The largest absolute Gasteiger partial charge is 0.491 e. The van der Waals surface area contributed by atoms with E-state index in [0.29, 0.717) is 36.4 Å². The van der Waals surface area contributed by atoms with Gasteiger partial charge in [-0.1, -0.05) is 31.5 Å². The molecule has 2 amide bonds. The predicted molar refractivity (Wildman–Crippen MR) is 141 cm³/mol. The van der Waals surface area contributed by atoms with E-state index in [-0.39, 0.29) is 30.0 Å². The SMILES string of the molecule is CC(C)CCN(CC(=O)N1CCc2sccc2[C@H]1COc1ccc(Cl)cc1)C(=O)c1cccc(F)c1. The van der Waals surface area contributed by atoms with Crippen molar-refractivity contribution in [1.29, 1.82) is 0 Å². The fourth-order valence-electron chi connectivity index (χ4n) is 4.31. The van der Waals surface area contributed by atoms with Crippen LogP contribution in [0.25, 0.3) is 0 Å². The summed E-state index contributed by atoms with van der Waals surface area (Å²) in [6, 6.07) is 14.5. The molecule has 0 aliphatic carbocycles. The summed E-state index contributed by atoms with van der Waals surface area (Å²) in [6.07, 6.45) is 1.51. The van der Waals surface area contributed by atoms with Crippen LogP contribution in [-0.2, 0) is 11.2 Å². The van der Waals surface area contributed by atoms with Crippen LogP contribution in [0.3, 0.4) is 0 Å². The Kier molecular flexibility index (Phi) is 8.64. The van der Waals surface area contributed by atoms with Crippen molar-refractivity contribution in [2.24, 2.45) is 5.92 Å². The van der Waals surface area contributed by atoms with Crippen LogP contribution in [0.1, 0.15) is 47.1 Å². The van der Waals surface area contributed by atoms with E-state index in [4.69, 9.17) is 16.3 Å². The summed E-state index contributed by atoms with van der Waals surface area (Å²) in [5.74, 6) is 0.0629. The number of amides is 2. The first-order valence-electron chi connectivity index (χ1n) is 12.1. The van der Waals surface area contributed by atoms with Gasteiger partial charge in [0.2, 0.25) is 5.91 Å². The summed E-state index contributed by atoms with van der Waals surface area (Å²) in [5.41, 5.74) is 1.33. The molecular weight excluding hydrogens is 499 g/mol. The monoisotopic (exact) mass is 528 g/mol. The van der Waals surface area contributed by atoms with Gasteiger partial charge in [-0.3, -0.25) is 9.59 Å². The standard InChI is InChI=1S/C28H30ClFN2O3S/c1-19(2)10-13-31(28(34)20-4-3-5-22(30)16-20)17-27(33)32-14-11-26-24(12-15-36-26)25(32)18-35-23-8-6-21(29)7-9-23/h3-9,12,15-16,19,25H,10-11,13-14,17-18H2,1-2H3/t25-/m1/s1. The van der Waals surface area contributed by atoms with Crippen LogP contribution in [0.4, 0.5) is 4.39 Å². The van der Waals surface area contributed by atoms with E-state index in [1.54, 1.807) is 41.7 Å². The van der Waals surface area contributed by atoms with Gasteiger partial charge < -0.3 is 14.5 Å². The second-order valence-corrected chi connectivity index (χ2v) is 10.8. The van der Waals surface area contributed by atoms with Crippen molar-refractivity contribution in [3.05, 3.63) is 86.8 Å². The molecule has 190 valence electrons. The lowest BCUT2D eigenvalue weighted by atomic mass is 10.00. The van der Waals surface area contributed by atoms with Gasteiger partial charge in [0.25, 0.3) is 5.91 Å². The molecule has 0 saturated heterocycles. The first kappa shape index (κ1) is 26.2. The number of benzene rings is 2. The average Bonchev–Trinajstić information content (AvgIpc) is 3.34. The molecule has 0 spiro atoms.